The number of ether oxygens (including phenoxy) is 5. The second-order valence-electron chi connectivity index (χ2n) is 40.7. The molecule has 0 aliphatic heterocycles. The Morgan fingerprint density at radius 3 is 0.418 bits per heavy atom. The molecule has 10 fully saturated rings. The molecule has 0 amide bonds. The molecule has 0 spiro atoms. The van der Waals surface area contributed by atoms with Crippen molar-refractivity contribution in [1.29, 1.82) is 0 Å². The van der Waals surface area contributed by atoms with E-state index >= 15 is 0 Å². The van der Waals surface area contributed by atoms with Crippen molar-refractivity contribution in [2.24, 2.45) is 118 Å². The molecule has 0 aromatic heterocycles. The first kappa shape index (κ1) is 108. The van der Waals surface area contributed by atoms with Crippen molar-refractivity contribution < 1.29 is 133 Å². The lowest BCUT2D eigenvalue weighted by atomic mass is 9.69. The van der Waals surface area contributed by atoms with Gasteiger partial charge in [0, 0.05) is 60.7 Å². The Hall–Kier alpha value is -6.65. The summed E-state index contributed by atoms with van der Waals surface area (Å²) in [6.07, 6.45) is 22.1. The fraction of sp³-hybridized carbons (Fsp3) is 0.712. The Morgan fingerprint density at radius 2 is 0.299 bits per heavy atom. The Bertz CT molecular complexity index is 3870. The summed E-state index contributed by atoms with van der Waals surface area (Å²) in [5, 5.41) is 0. The van der Waals surface area contributed by atoms with E-state index in [-0.39, 0.29) is 0 Å². The van der Waals surface area contributed by atoms with Gasteiger partial charge in [0.15, 0.2) is 87.3 Å². The van der Waals surface area contributed by atoms with Gasteiger partial charge in [0.25, 0.3) is 0 Å². The SMILES string of the molecule is CC1CCC(C2CCC(C(F)(F)Oc3cc(F)c(F)c(F)c3)CC2)CC1.CCC1CCC(C2CCC(C(F)(F)Oc3cc(F)c(F)c(F)c3)CC2)CC1.CCC1CCC(C2CCC(C(F)(F)Oc3cc(F)c(F)c(F)c3)CC2)CC1.CCC1CCC(C2CCC(C(F)(F)Oc3cc(F)c(F)c(F)c3)CC2)CC1.CCC1CCC(C2CCC(C(F)(F)Oc3cc(F)c(F)c(F)c3)CC2)CC1. The van der Waals surface area contributed by atoms with Crippen LogP contribution in [0.3, 0.4) is 0 Å². The summed E-state index contributed by atoms with van der Waals surface area (Å²) in [5.74, 6) is -22.6. The molecule has 15 rings (SSSR count). The average Bonchev–Trinajstić information content (AvgIpc) is 0.817. The fourth-order valence-corrected chi connectivity index (χ4v) is 23.8. The lowest BCUT2D eigenvalue weighted by Crippen LogP contribution is -2.38. The van der Waals surface area contributed by atoms with Crippen molar-refractivity contribution in [1.82, 2.24) is 0 Å². The number of halogens is 25. The number of alkyl halides is 10. The van der Waals surface area contributed by atoms with E-state index in [2.05, 4.69) is 58.3 Å². The third-order valence-corrected chi connectivity index (χ3v) is 32.6. The van der Waals surface area contributed by atoms with Crippen molar-refractivity contribution >= 4 is 0 Å². The lowest BCUT2D eigenvalue weighted by molar-refractivity contribution is -0.225. The molecular formula is C104H133F25O5. The molecule has 0 N–H and O–H groups in total. The predicted octanol–water partition coefficient (Wildman–Crippen LogP) is 35.1. The molecule has 0 radical (unpaired) electrons. The molecule has 0 atom stereocenters. The van der Waals surface area contributed by atoms with Crippen LogP contribution >= 0.6 is 0 Å². The Balaban J connectivity index is 0.000000161. The average molecular weight is 1940 g/mol. The largest absolute Gasteiger partial charge is 0.432 e. The van der Waals surface area contributed by atoms with Crippen LogP contribution in [0.25, 0.3) is 0 Å². The standard InChI is InChI=1S/4C21H27F5O.C20H25F5O/c4*1-2-13-3-5-14(6-4-13)15-7-9-16(10-8-15)21(25,26)27-17-11-18(22)20(24)19(23)12-17;1-12-2-4-13(5-3-12)14-6-8-15(9-7-14)20(24,25)26-16-10-17(21)19(23)18(22)11-16/h4*11-16H,2-10H2,1H3;10-15H,2-9H2,1H3. The molecule has 0 unspecified atom stereocenters. The number of hydrogen-bond donors (Lipinski definition) is 0. The first-order valence-electron chi connectivity index (χ1n) is 49.5. The van der Waals surface area contributed by atoms with Gasteiger partial charge in [0.2, 0.25) is 0 Å². The second-order valence-corrected chi connectivity index (χ2v) is 40.7. The van der Waals surface area contributed by atoms with Gasteiger partial charge >= 0.3 is 30.5 Å². The second kappa shape index (κ2) is 48.5. The van der Waals surface area contributed by atoms with Crippen molar-refractivity contribution in [2.45, 2.75) is 348 Å². The fourth-order valence-electron chi connectivity index (χ4n) is 23.8. The van der Waals surface area contributed by atoms with Gasteiger partial charge in [-0.25, -0.2) is 65.9 Å². The van der Waals surface area contributed by atoms with E-state index in [9.17, 15) is 110 Å². The first-order chi connectivity index (χ1) is 63.4. The third-order valence-electron chi connectivity index (χ3n) is 32.6. The maximum absolute atomic E-state index is 14.5. The lowest BCUT2D eigenvalue weighted by Gasteiger charge is -2.39. The quantitative estimate of drug-likeness (QED) is 0.0455. The van der Waals surface area contributed by atoms with Crippen LogP contribution in [0.5, 0.6) is 28.7 Å². The van der Waals surface area contributed by atoms with Crippen LogP contribution in [0.2, 0.25) is 0 Å². The molecule has 754 valence electrons. The summed E-state index contributed by atoms with van der Waals surface area (Å²) < 4.78 is 365. The molecule has 10 aliphatic carbocycles. The number of hydrogen-bond acceptors (Lipinski definition) is 5. The zero-order chi connectivity index (χ0) is 97.3. The zero-order valence-electron chi connectivity index (χ0n) is 77.4. The molecule has 5 aromatic rings. The minimum absolute atomic E-state index is 0.329. The highest BCUT2D eigenvalue weighted by molar-refractivity contribution is 5.29. The molecule has 0 saturated heterocycles. The van der Waals surface area contributed by atoms with Crippen molar-refractivity contribution in [2.75, 3.05) is 0 Å². The highest BCUT2D eigenvalue weighted by Crippen LogP contribution is 2.54. The molecule has 10 aliphatic rings. The molecule has 5 aromatic carbocycles. The smallest absolute Gasteiger partial charge is 0.400 e. The van der Waals surface area contributed by atoms with Crippen LogP contribution in [-0.4, -0.2) is 30.5 Å². The Labute approximate surface area is 772 Å². The van der Waals surface area contributed by atoms with E-state index in [4.69, 9.17) is 0 Å². The number of benzene rings is 5. The van der Waals surface area contributed by atoms with Crippen LogP contribution in [0.4, 0.5) is 110 Å². The maximum atomic E-state index is 14.5. The molecular weight excluding hydrogens is 1800 g/mol. The summed E-state index contributed by atoms with van der Waals surface area (Å²) in [6, 6.07) is 4.62. The first-order valence-corrected chi connectivity index (χ1v) is 49.5. The monoisotopic (exact) mass is 1940 g/mol. The van der Waals surface area contributed by atoms with Crippen molar-refractivity contribution in [3.05, 3.63) is 148 Å². The summed E-state index contributed by atoms with van der Waals surface area (Å²) in [6.45, 7) is 11.1. The minimum Gasteiger partial charge on any atom is -0.432 e. The van der Waals surface area contributed by atoms with Gasteiger partial charge in [0.1, 0.15) is 28.7 Å². The molecule has 30 heteroatoms. The van der Waals surface area contributed by atoms with Crippen molar-refractivity contribution in [3.63, 3.8) is 0 Å². The number of rotatable bonds is 24. The third kappa shape index (κ3) is 29.5. The van der Waals surface area contributed by atoms with Crippen LogP contribution in [0.15, 0.2) is 60.7 Å². The van der Waals surface area contributed by atoms with E-state index in [0.29, 0.717) is 184 Å². The molecule has 10 saturated carbocycles. The Morgan fingerprint density at radius 1 is 0.187 bits per heavy atom. The predicted molar refractivity (Wildman–Crippen MR) is 461 cm³/mol. The van der Waals surface area contributed by atoms with Crippen LogP contribution < -0.4 is 23.7 Å². The zero-order valence-corrected chi connectivity index (χ0v) is 77.4. The van der Waals surface area contributed by atoms with E-state index in [1.165, 1.54) is 154 Å². The van der Waals surface area contributed by atoms with Gasteiger partial charge in [-0.15, -0.1) is 0 Å². The van der Waals surface area contributed by atoms with Gasteiger partial charge in [0.05, 0.1) is 29.6 Å². The molecule has 134 heavy (non-hydrogen) atoms. The van der Waals surface area contributed by atoms with Crippen molar-refractivity contribution in [3.8, 4) is 28.7 Å². The highest BCUT2D eigenvalue weighted by atomic mass is 19.3. The summed E-state index contributed by atoms with van der Waals surface area (Å²) in [4.78, 5) is 0. The van der Waals surface area contributed by atoms with E-state index in [1.54, 1.807) is 0 Å². The molecule has 0 heterocycles. The van der Waals surface area contributed by atoms with Gasteiger partial charge < -0.3 is 23.7 Å². The minimum atomic E-state index is -3.53. The summed E-state index contributed by atoms with van der Waals surface area (Å²) in [5.41, 5.74) is 0. The van der Waals surface area contributed by atoms with Gasteiger partial charge in [-0.3, -0.25) is 0 Å². The maximum Gasteiger partial charge on any atom is 0.400 e. The van der Waals surface area contributed by atoms with Crippen LogP contribution in [-0.2, 0) is 0 Å². The summed E-state index contributed by atoms with van der Waals surface area (Å²) >= 11 is 0. The van der Waals surface area contributed by atoms with Gasteiger partial charge in [-0.2, -0.15) is 43.9 Å². The molecule has 5 nitrogen and oxygen atoms in total. The van der Waals surface area contributed by atoms with Gasteiger partial charge in [-0.05, 0) is 281 Å². The van der Waals surface area contributed by atoms with E-state index < -0.39 is 176 Å². The molecule has 0 bridgehead atoms. The van der Waals surface area contributed by atoms with Gasteiger partial charge in [-0.1, -0.05) is 125 Å². The van der Waals surface area contributed by atoms with E-state index in [0.717, 1.165) is 93.8 Å². The highest BCUT2D eigenvalue weighted by Gasteiger charge is 2.52. The normalized spacial score (nSPS) is 29.7. The van der Waals surface area contributed by atoms with Crippen LogP contribution in [0, 0.1) is 206 Å². The van der Waals surface area contributed by atoms with Crippen LogP contribution in [0.1, 0.15) is 317 Å². The van der Waals surface area contributed by atoms with E-state index in [1.807, 2.05) is 0 Å². The Kier molecular flexibility index (Phi) is 39.0. The summed E-state index contributed by atoms with van der Waals surface area (Å²) in [7, 11) is 0. The topological polar surface area (TPSA) is 46.2 Å².